The van der Waals surface area contributed by atoms with Crippen LogP contribution in [0.15, 0.2) is 70.1 Å². The lowest BCUT2D eigenvalue weighted by atomic mass is 10.1. The number of hydrogen-bond acceptors (Lipinski definition) is 5. The van der Waals surface area contributed by atoms with Gasteiger partial charge in [0.25, 0.3) is 0 Å². The first-order valence-corrected chi connectivity index (χ1v) is 8.64. The molecule has 0 spiro atoms. The Labute approximate surface area is 162 Å². The molecule has 1 aromatic carbocycles. The van der Waals surface area contributed by atoms with E-state index in [1.807, 2.05) is 12.1 Å². The maximum atomic E-state index is 12.3. The number of rotatable bonds is 5. The summed E-state index contributed by atoms with van der Waals surface area (Å²) in [6.07, 6.45) is -0.796. The van der Waals surface area contributed by atoms with Crippen LogP contribution >= 0.6 is 0 Å². The summed E-state index contributed by atoms with van der Waals surface area (Å²) in [6, 6.07) is 12.3. The maximum Gasteiger partial charge on any atom is 0.573 e. The number of pyridine rings is 2. The van der Waals surface area contributed by atoms with E-state index in [4.69, 9.17) is 4.42 Å². The highest BCUT2D eigenvalue weighted by Crippen LogP contribution is 2.26. The summed E-state index contributed by atoms with van der Waals surface area (Å²) in [4.78, 5) is 20.7. The van der Waals surface area contributed by atoms with Gasteiger partial charge in [-0.1, -0.05) is 6.07 Å². The number of aromatic nitrogens is 3. The van der Waals surface area contributed by atoms with E-state index in [0.29, 0.717) is 35.5 Å². The second kappa shape index (κ2) is 7.42. The number of hydrogen-bond donors (Lipinski definition) is 0. The van der Waals surface area contributed by atoms with Crippen LogP contribution in [0.25, 0.3) is 22.5 Å². The number of aryl methyl sites for hydroxylation is 2. The summed E-state index contributed by atoms with van der Waals surface area (Å²) in [6.45, 7) is 0.354. The topological polar surface area (TPSA) is 70.2 Å². The minimum atomic E-state index is -4.75. The van der Waals surface area contributed by atoms with Crippen LogP contribution in [-0.2, 0) is 13.0 Å². The van der Waals surface area contributed by atoms with E-state index >= 15 is 0 Å². The van der Waals surface area contributed by atoms with E-state index in [-0.39, 0.29) is 5.75 Å². The van der Waals surface area contributed by atoms with Crippen molar-refractivity contribution in [3.63, 3.8) is 0 Å². The normalized spacial score (nSPS) is 11.7. The van der Waals surface area contributed by atoms with Gasteiger partial charge in [0.15, 0.2) is 11.2 Å². The molecule has 0 saturated heterocycles. The van der Waals surface area contributed by atoms with Gasteiger partial charge in [-0.2, -0.15) is 0 Å². The second-order valence-electron chi connectivity index (χ2n) is 6.22. The van der Waals surface area contributed by atoms with Crippen LogP contribution in [0, 0.1) is 0 Å². The van der Waals surface area contributed by atoms with Crippen LogP contribution in [0.1, 0.15) is 5.56 Å². The van der Waals surface area contributed by atoms with Crippen molar-refractivity contribution >= 4 is 11.2 Å². The van der Waals surface area contributed by atoms with Gasteiger partial charge < -0.3 is 9.15 Å². The average molecular weight is 401 g/mol. The van der Waals surface area contributed by atoms with Crippen LogP contribution in [0.3, 0.4) is 0 Å². The molecular weight excluding hydrogens is 387 g/mol. The van der Waals surface area contributed by atoms with Gasteiger partial charge in [-0.3, -0.25) is 9.55 Å². The standard InChI is InChI=1S/C20H14F3N3O3/c21-20(22,23)29-15-5-3-14(4-6-15)16-7-8-17-18(25-16)26(19(27)28-17)11-9-13-2-1-10-24-12-13/h1-8,10,12H,9,11H2. The van der Waals surface area contributed by atoms with Gasteiger partial charge in [-0.15, -0.1) is 13.2 Å². The highest BCUT2D eigenvalue weighted by atomic mass is 19.4. The van der Waals surface area contributed by atoms with Gasteiger partial charge in [0.1, 0.15) is 5.75 Å². The van der Waals surface area contributed by atoms with Gasteiger partial charge in [-0.05, 0) is 54.4 Å². The van der Waals surface area contributed by atoms with Crippen molar-refractivity contribution in [1.82, 2.24) is 14.5 Å². The minimum absolute atomic E-state index is 0.320. The fourth-order valence-electron chi connectivity index (χ4n) is 2.92. The average Bonchev–Trinajstić information content (AvgIpc) is 3.01. The van der Waals surface area contributed by atoms with E-state index in [1.54, 1.807) is 24.5 Å². The third-order valence-electron chi connectivity index (χ3n) is 4.24. The minimum Gasteiger partial charge on any atom is -0.406 e. The number of alkyl halides is 3. The van der Waals surface area contributed by atoms with E-state index < -0.39 is 12.1 Å². The Morgan fingerprint density at radius 2 is 1.86 bits per heavy atom. The van der Waals surface area contributed by atoms with Crippen LogP contribution in [-0.4, -0.2) is 20.9 Å². The molecule has 0 aliphatic heterocycles. The zero-order valence-corrected chi connectivity index (χ0v) is 14.9. The lowest BCUT2D eigenvalue weighted by molar-refractivity contribution is -0.274. The summed E-state index contributed by atoms with van der Waals surface area (Å²) in [7, 11) is 0. The summed E-state index contributed by atoms with van der Waals surface area (Å²) in [5.41, 5.74) is 2.74. The fraction of sp³-hybridized carbons (Fsp3) is 0.150. The van der Waals surface area contributed by atoms with Crippen molar-refractivity contribution in [2.24, 2.45) is 0 Å². The Balaban J connectivity index is 1.62. The van der Waals surface area contributed by atoms with E-state index in [0.717, 1.165) is 5.56 Å². The lowest BCUT2D eigenvalue weighted by Crippen LogP contribution is -2.17. The first kappa shape index (κ1) is 18.7. The van der Waals surface area contributed by atoms with Crippen LogP contribution in [0.4, 0.5) is 13.2 Å². The van der Waals surface area contributed by atoms with Crippen molar-refractivity contribution in [2.45, 2.75) is 19.3 Å². The molecule has 0 radical (unpaired) electrons. The summed E-state index contributed by atoms with van der Waals surface area (Å²) >= 11 is 0. The van der Waals surface area contributed by atoms with Gasteiger partial charge in [0.2, 0.25) is 0 Å². The molecule has 0 fully saturated rings. The largest absolute Gasteiger partial charge is 0.573 e. The predicted octanol–water partition coefficient (Wildman–Crippen LogP) is 4.19. The SMILES string of the molecule is O=c1oc2ccc(-c3ccc(OC(F)(F)F)cc3)nc2n1CCc1cccnc1. The van der Waals surface area contributed by atoms with Crippen molar-refractivity contribution in [3.8, 4) is 17.0 Å². The van der Waals surface area contributed by atoms with Crippen molar-refractivity contribution in [2.75, 3.05) is 0 Å². The van der Waals surface area contributed by atoms with E-state index in [1.165, 1.54) is 28.8 Å². The maximum absolute atomic E-state index is 12.3. The summed E-state index contributed by atoms with van der Waals surface area (Å²) in [5.74, 6) is -0.846. The highest BCUT2D eigenvalue weighted by molar-refractivity contribution is 5.73. The van der Waals surface area contributed by atoms with Crippen LogP contribution in [0.5, 0.6) is 5.75 Å². The summed E-state index contributed by atoms with van der Waals surface area (Å²) in [5, 5.41) is 0. The van der Waals surface area contributed by atoms with Crippen LogP contribution < -0.4 is 10.5 Å². The van der Waals surface area contributed by atoms with Crippen molar-refractivity contribution in [3.05, 3.63) is 77.0 Å². The molecule has 0 N–H and O–H groups in total. The Bertz CT molecular complexity index is 1180. The summed E-state index contributed by atoms with van der Waals surface area (Å²) < 4.78 is 47.4. The molecule has 4 aromatic rings. The molecule has 148 valence electrons. The zero-order valence-electron chi connectivity index (χ0n) is 14.9. The number of nitrogens with zero attached hydrogens (tertiary/aromatic N) is 3. The molecule has 0 bridgehead atoms. The fourth-order valence-corrected chi connectivity index (χ4v) is 2.92. The van der Waals surface area contributed by atoms with E-state index in [2.05, 4.69) is 14.7 Å². The predicted molar refractivity (Wildman–Crippen MR) is 98.3 cm³/mol. The molecule has 0 aliphatic carbocycles. The molecule has 9 heteroatoms. The number of benzene rings is 1. The number of ether oxygens (including phenoxy) is 1. The molecule has 3 heterocycles. The Morgan fingerprint density at radius 3 is 2.55 bits per heavy atom. The molecule has 4 rings (SSSR count). The molecule has 0 unspecified atom stereocenters. The van der Waals surface area contributed by atoms with E-state index in [9.17, 15) is 18.0 Å². The van der Waals surface area contributed by atoms with Gasteiger partial charge >= 0.3 is 12.1 Å². The third-order valence-corrected chi connectivity index (χ3v) is 4.24. The molecular formula is C20H14F3N3O3. The first-order chi connectivity index (χ1) is 13.9. The van der Waals surface area contributed by atoms with Gasteiger partial charge in [0.05, 0.1) is 5.69 Å². The monoisotopic (exact) mass is 401 g/mol. The Hall–Kier alpha value is -3.62. The molecule has 3 aromatic heterocycles. The van der Waals surface area contributed by atoms with Crippen molar-refractivity contribution < 1.29 is 22.3 Å². The smallest absolute Gasteiger partial charge is 0.406 e. The molecule has 6 nitrogen and oxygen atoms in total. The lowest BCUT2D eigenvalue weighted by Gasteiger charge is -2.09. The quantitative estimate of drug-likeness (QED) is 0.502. The number of oxazole rings is 1. The third kappa shape index (κ3) is 4.29. The Kier molecular flexibility index (Phi) is 4.79. The van der Waals surface area contributed by atoms with Crippen molar-refractivity contribution in [1.29, 1.82) is 0 Å². The Morgan fingerprint density at radius 1 is 1.07 bits per heavy atom. The molecule has 0 saturated carbocycles. The van der Waals surface area contributed by atoms with Gasteiger partial charge in [-0.25, -0.2) is 9.78 Å². The first-order valence-electron chi connectivity index (χ1n) is 8.64. The molecule has 0 aliphatic rings. The van der Waals surface area contributed by atoms with Crippen LogP contribution in [0.2, 0.25) is 0 Å². The molecule has 29 heavy (non-hydrogen) atoms. The van der Waals surface area contributed by atoms with Gasteiger partial charge in [0, 0.05) is 24.5 Å². The number of halogens is 3. The molecule has 0 amide bonds. The second-order valence-corrected chi connectivity index (χ2v) is 6.22. The number of fused-ring (bicyclic) bond motifs is 1. The highest BCUT2D eigenvalue weighted by Gasteiger charge is 2.31. The molecule has 0 atom stereocenters. The zero-order chi connectivity index (χ0) is 20.4.